The summed E-state index contributed by atoms with van der Waals surface area (Å²) >= 11 is 2.65. The van der Waals surface area contributed by atoms with E-state index in [0.717, 1.165) is 12.8 Å². The molecule has 0 radical (unpaired) electrons. The van der Waals surface area contributed by atoms with Crippen LogP contribution in [0.1, 0.15) is 83.2 Å². The molecule has 204 valence electrons. The molecule has 9 nitrogen and oxygen atoms in total. The minimum Gasteiger partial charge on any atom is -0.457 e. The second kappa shape index (κ2) is 14.2. The van der Waals surface area contributed by atoms with Gasteiger partial charge in [0.1, 0.15) is 39.1 Å². The predicted molar refractivity (Wildman–Crippen MR) is 147 cm³/mol. The minimum atomic E-state index is -0.795. The van der Waals surface area contributed by atoms with Crippen LogP contribution in [-0.2, 0) is 20.8 Å². The second-order valence-electron chi connectivity index (χ2n) is 9.82. The molecule has 0 aliphatic carbocycles. The van der Waals surface area contributed by atoms with Crippen molar-refractivity contribution < 1.29 is 23.9 Å². The van der Waals surface area contributed by atoms with E-state index in [1.807, 2.05) is 38.3 Å². The van der Waals surface area contributed by atoms with E-state index in [2.05, 4.69) is 27.5 Å². The Labute approximate surface area is 227 Å². The number of nitrogens with zero attached hydrogens (tertiary/aromatic N) is 2. The molecule has 2 rings (SSSR count). The summed E-state index contributed by atoms with van der Waals surface area (Å²) < 4.78 is 10.9. The molecule has 37 heavy (non-hydrogen) atoms. The summed E-state index contributed by atoms with van der Waals surface area (Å²) in [6.07, 6.45) is 5.67. The monoisotopic (exact) mass is 550 g/mol. The third-order valence-corrected chi connectivity index (χ3v) is 6.69. The van der Waals surface area contributed by atoms with E-state index < -0.39 is 29.6 Å². The Morgan fingerprint density at radius 1 is 1.11 bits per heavy atom. The minimum absolute atomic E-state index is 0.162. The van der Waals surface area contributed by atoms with E-state index in [1.54, 1.807) is 26.2 Å². The summed E-state index contributed by atoms with van der Waals surface area (Å²) in [5, 5.41) is 10.2. The summed E-state index contributed by atoms with van der Waals surface area (Å²) in [7, 11) is 0. The smallest absolute Gasteiger partial charge is 0.408 e. The van der Waals surface area contributed by atoms with Crippen LogP contribution in [0.5, 0.6) is 0 Å². The molecule has 0 aliphatic rings. The van der Waals surface area contributed by atoms with Gasteiger partial charge < -0.3 is 20.1 Å². The fraction of sp³-hybridized carbons (Fsp3) is 0.577. The molecule has 2 heterocycles. The average Bonchev–Trinajstić information content (AvgIpc) is 3.49. The van der Waals surface area contributed by atoms with Gasteiger partial charge in [-0.2, -0.15) is 0 Å². The molecule has 0 saturated carbocycles. The van der Waals surface area contributed by atoms with Gasteiger partial charge in [0.2, 0.25) is 0 Å². The van der Waals surface area contributed by atoms with Gasteiger partial charge in [0.05, 0.1) is 6.54 Å². The molecule has 2 atom stereocenters. The zero-order chi connectivity index (χ0) is 27.6. The molecule has 0 aromatic carbocycles. The van der Waals surface area contributed by atoms with E-state index in [9.17, 15) is 14.4 Å². The summed E-state index contributed by atoms with van der Waals surface area (Å²) in [5.41, 5.74) is 0.235. The van der Waals surface area contributed by atoms with E-state index in [1.165, 1.54) is 22.7 Å². The standard InChI is InChI=1S/C26H38N4O5S2/c1-8-10-11-12-17(9-2)34-24(32)21(16(3)4)30-22(31)18-14-37-23(29-18)19-15-36-20(28-19)13-27-25(33)35-26(5,6)7/h11-12,14-17,21H,8-10,13H2,1-7H3,(H,27,33)(H,30,31). The SMILES string of the molecule is CCCC=CC(CC)OC(=O)C(NC(=O)c1csc(-c2csc(CNC(=O)OC(C)(C)C)n2)n1)C(C)C. The Kier molecular flexibility index (Phi) is 11.7. The average molecular weight is 551 g/mol. The van der Waals surface area contributed by atoms with Gasteiger partial charge in [0.25, 0.3) is 5.91 Å². The van der Waals surface area contributed by atoms with Gasteiger partial charge in [0, 0.05) is 10.8 Å². The Balaban J connectivity index is 2.00. The molecule has 2 aromatic heterocycles. The molecule has 2 N–H and O–H groups in total. The molecular formula is C26H38N4O5S2. The molecule has 0 saturated heterocycles. The molecule has 0 spiro atoms. The highest BCUT2D eigenvalue weighted by Crippen LogP contribution is 2.25. The Hall–Kier alpha value is -2.79. The van der Waals surface area contributed by atoms with Gasteiger partial charge in [-0.3, -0.25) is 4.79 Å². The molecule has 0 fully saturated rings. The fourth-order valence-electron chi connectivity index (χ4n) is 3.06. The summed E-state index contributed by atoms with van der Waals surface area (Å²) in [6, 6.07) is -0.795. The van der Waals surface area contributed by atoms with Crippen molar-refractivity contribution >= 4 is 40.6 Å². The van der Waals surface area contributed by atoms with Crippen LogP contribution in [0.3, 0.4) is 0 Å². The molecule has 0 aliphatic heterocycles. The zero-order valence-electron chi connectivity index (χ0n) is 22.6. The zero-order valence-corrected chi connectivity index (χ0v) is 24.3. The number of hydrogen-bond donors (Lipinski definition) is 2. The first-order valence-electron chi connectivity index (χ1n) is 12.5. The number of carbonyl (C=O) groups is 3. The van der Waals surface area contributed by atoms with Crippen LogP contribution in [0.25, 0.3) is 10.7 Å². The van der Waals surface area contributed by atoms with Crippen molar-refractivity contribution in [1.82, 2.24) is 20.6 Å². The van der Waals surface area contributed by atoms with Crippen molar-refractivity contribution in [2.75, 3.05) is 0 Å². The Morgan fingerprint density at radius 3 is 2.46 bits per heavy atom. The summed E-state index contributed by atoms with van der Waals surface area (Å²) in [6.45, 7) is 13.4. The highest BCUT2D eigenvalue weighted by atomic mass is 32.1. The van der Waals surface area contributed by atoms with Gasteiger partial charge in [-0.25, -0.2) is 19.6 Å². The third kappa shape index (κ3) is 10.2. The molecule has 0 bridgehead atoms. The van der Waals surface area contributed by atoms with Gasteiger partial charge in [-0.1, -0.05) is 40.2 Å². The normalized spacial score (nSPS) is 13.4. The predicted octanol–water partition coefficient (Wildman–Crippen LogP) is 5.72. The number of ether oxygens (including phenoxy) is 2. The van der Waals surface area contributed by atoms with E-state index >= 15 is 0 Å². The number of unbranched alkanes of at least 4 members (excludes halogenated alkanes) is 1. The number of carbonyl (C=O) groups excluding carboxylic acids is 3. The summed E-state index contributed by atoms with van der Waals surface area (Å²) in [4.78, 5) is 46.5. The van der Waals surface area contributed by atoms with E-state index in [-0.39, 0.29) is 24.3 Å². The van der Waals surface area contributed by atoms with Gasteiger partial charge in [-0.05, 0) is 45.6 Å². The molecule has 2 amide bonds. The number of alkyl carbamates (subject to hydrolysis) is 1. The van der Waals surface area contributed by atoms with E-state index in [0.29, 0.717) is 22.1 Å². The van der Waals surface area contributed by atoms with Crippen LogP contribution >= 0.6 is 22.7 Å². The Morgan fingerprint density at radius 2 is 1.84 bits per heavy atom. The van der Waals surface area contributed by atoms with Gasteiger partial charge in [-0.15, -0.1) is 22.7 Å². The van der Waals surface area contributed by atoms with Crippen molar-refractivity contribution in [1.29, 1.82) is 0 Å². The Bertz CT molecular complexity index is 1070. The van der Waals surface area contributed by atoms with Crippen LogP contribution in [0, 0.1) is 5.92 Å². The number of esters is 1. The number of rotatable bonds is 12. The maximum Gasteiger partial charge on any atom is 0.408 e. The number of allylic oxidation sites excluding steroid dienone is 1. The molecule has 2 aromatic rings. The van der Waals surface area contributed by atoms with Gasteiger partial charge in [0.15, 0.2) is 0 Å². The molecule has 2 unspecified atom stereocenters. The lowest BCUT2D eigenvalue weighted by molar-refractivity contribution is -0.150. The summed E-state index contributed by atoms with van der Waals surface area (Å²) in [5.74, 6) is -1.08. The topological polar surface area (TPSA) is 120 Å². The van der Waals surface area contributed by atoms with Crippen molar-refractivity contribution in [3.05, 3.63) is 33.6 Å². The molecular weight excluding hydrogens is 512 g/mol. The lowest BCUT2D eigenvalue weighted by Crippen LogP contribution is -2.46. The quantitative estimate of drug-likeness (QED) is 0.256. The highest BCUT2D eigenvalue weighted by Gasteiger charge is 2.28. The number of amides is 2. The van der Waals surface area contributed by atoms with Crippen molar-refractivity contribution in [2.24, 2.45) is 5.92 Å². The first kappa shape index (κ1) is 30.4. The lowest BCUT2D eigenvalue weighted by atomic mass is 10.0. The number of thiazole rings is 2. The van der Waals surface area contributed by atoms with Crippen LogP contribution in [0.2, 0.25) is 0 Å². The van der Waals surface area contributed by atoms with E-state index in [4.69, 9.17) is 9.47 Å². The van der Waals surface area contributed by atoms with Crippen molar-refractivity contribution in [2.45, 2.75) is 92.0 Å². The number of aromatic nitrogens is 2. The molecule has 11 heteroatoms. The van der Waals surface area contributed by atoms with Crippen LogP contribution in [0.4, 0.5) is 4.79 Å². The van der Waals surface area contributed by atoms with Crippen LogP contribution in [0.15, 0.2) is 22.9 Å². The van der Waals surface area contributed by atoms with Crippen LogP contribution in [-0.4, -0.2) is 45.7 Å². The maximum atomic E-state index is 12.9. The van der Waals surface area contributed by atoms with Gasteiger partial charge >= 0.3 is 12.1 Å². The first-order valence-corrected chi connectivity index (χ1v) is 14.2. The van der Waals surface area contributed by atoms with Crippen molar-refractivity contribution in [3.63, 3.8) is 0 Å². The second-order valence-corrected chi connectivity index (χ2v) is 11.6. The highest BCUT2D eigenvalue weighted by molar-refractivity contribution is 7.14. The third-order valence-electron chi connectivity index (χ3n) is 4.97. The number of hydrogen-bond acceptors (Lipinski definition) is 9. The first-order chi connectivity index (χ1) is 17.4. The number of nitrogens with one attached hydrogen (secondary N) is 2. The fourth-order valence-corrected chi connectivity index (χ4v) is 4.61. The largest absolute Gasteiger partial charge is 0.457 e. The lowest BCUT2D eigenvalue weighted by Gasteiger charge is -2.22. The maximum absolute atomic E-state index is 12.9. The van der Waals surface area contributed by atoms with Crippen molar-refractivity contribution in [3.8, 4) is 10.7 Å². The van der Waals surface area contributed by atoms with Crippen LogP contribution < -0.4 is 10.6 Å².